The van der Waals surface area contributed by atoms with E-state index in [4.69, 9.17) is 66.3 Å². The van der Waals surface area contributed by atoms with E-state index >= 15 is 0 Å². The Bertz CT molecular complexity index is 3710. The summed E-state index contributed by atoms with van der Waals surface area (Å²) in [7, 11) is 0. The monoisotopic (exact) mass is 1780 g/mol. The van der Waals surface area contributed by atoms with E-state index in [1.165, 1.54) is 6.07 Å². The first kappa shape index (κ1) is 98.5. The van der Waals surface area contributed by atoms with Gasteiger partial charge in [-0.25, -0.2) is 4.79 Å². The second-order valence-corrected chi connectivity index (χ2v) is 31.8. The van der Waals surface area contributed by atoms with Gasteiger partial charge >= 0.3 is 6.03 Å². The highest BCUT2D eigenvalue weighted by atomic mass is 32.2. The molecule has 123 heavy (non-hydrogen) atoms. The van der Waals surface area contributed by atoms with Crippen LogP contribution in [0.4, 0.5) is 4.79 Å². The van der Waals surface area contributed by atoms with Gasteiger partial charge < -0.3 is 201 Å². The molecule has 10 rings (SSSR count). The fourth-order valence-corrected chi connectivity index (χ4v) is 16.7. The lowest BCUT2D eigenvalue weighted by molar-refractivity contribution is -0.376. The number of aliphatic hydroxyl groups excluding tert-OH is 18. The molecule has 0 radical (unpaired) electrons. The van der Waals surface area contributed by atoms with E-state index in [-0.39, 0.29) is 105 Å². The Morgan fingerprint density at radius 1 is 0.423 bits per heavy atom. The summed E-state index contributed by atoms with van der Waals surface area (Å²) in [5.41, 5.74) is 1.03. The average Bonchev–Trinajstić information content (AvgIpc) is 1.69. The zero-order chi connectivity index (χ0) is 89.0. The number of carbonyl (C=O) groups excluding carboxylic acids is 7. The predicted octanol–water partition coefficient (Wildman–Crippen LogP) is -12.1. The van der Waals surface area contributed by atoms with Crippen LogP contribution in [-0.2, 0) is 80.8 Å². The number of benzene rings is 2. The number of hydrogen-bond donors (Lipinski definition) is 26. The van der Waals surface area contributed by atoms with Crippen LogP contribution in [-0.4, -0.2) is 433 Å². The van der Waals surface area contributed by atoms with E-state index in [0.717, 1.165) is 32.4 Å². The number of rotatable bonds is 42. The van der Waals surface area contributed by atoms with E-state index in [0.29, 0.717) is 17.5 Å². The summed E-state index contributed by atoms with van der Waals surface area (Å²) in [6, 6.07) is 7.94. The Balaban J connectivity index is 0.700. The predicted molar refractivity (Wildman–Crippen MR) is 411 cm³/mol. The van der Waals surface area contributed by atoms with Crippen molar-refractivity contribution >= 4 is 53.2 Å². The van der Waals surface area contributed by atoms with E-state index in [1.807, 2.05) is 0 Å². The molecule has 8 heterocycles. The number of fused-ring (bicyclic) bond motifs is 1. The third kappa shape index (κ3) is 25.6. The van der Waals surface area contributed by atoms with Crippen molar-refractivity contribution in [2.45, 2.75) is 254 Å². The van der Waals surface area contributed by atoms with Crippen molar-refractivity contribution in [2.24, 2.45) is 0 Å². The number of hydrogen-bond acceptors (Lipinski definition) is 40. The van der Waals surface area contributed by atoms with Crippen molar-refractivity contribution in [3.63, 3.8) is 0 Å². The Kier molecular flexibility index (Phi) is 37.5. The van der Waals surface area contributed by atoms with Crippen LogP contribution in [0.5, 0.6) is 11.5 Å². The first-order valence-electron chi connectivity index (χ1n) is 40.3. The molecule has 8 fully saturated rings. The second kappa shape index (κ2) is 46.8. The van der Waals surface area contributed by atoms with Crippen LogP contribution in [0.15, 0.2) is 42.5 Å². The highest BCUT2D eigenvalue weighted by molar-refractivity contribution is 8.00. The Morgan fingerprint density at radius 2 is 0.846 bits per heavy atom. The molecular formula is C75H114N8O39S. The minimum atomic E-state index is -2.05. The van der Waals surface area contributed by atoms with E-state index in [2.05, 4.69) is 42.5 Å². The minimum absolute atomic E-state index is 0.0000709. The molecule has 2 aromatic carbocycles. The molecule has 0 spiro atoms. The third-order valence-electron chi connectivity index (χ3n) is 21.7. The highest BCUT2D eigenvalue weighted by Gasteiger charge is 2.57. The summed E-state index contributed by atoms with van der Waals surface area (Å²) < 4.78 is 80.5. The zero-order valence-electron chi connectivity index (χ0n) is 67.0. The van der Waals surface area contributed by atoms with Gasteiger partial charge in [-0.1, -0.05) is 18.6 Å². The summed E-state index contributed by atoms with van der Waals surface area (Å²) in [4.78, 5) is 90.0. The van der Waals surface area contributed by atoms with Gasteiger partial charge in [-0.3, -0.25) is 28.8 Å². The van der Waals surface area contributed by atoms with Crippen molar-refractivity contribution in [2.75, 3.05) is 98.0 Å². The molecule has 0 aromatic heterocycles. The minimum Gasteiger partial charge on any atom is -0.484 e. The van der Waals surface area contributed by atoms with Crippen LogP contribution < -0.4 is 52.0 Å². The van der Waals surface area contributed by atoms with E-state index in [1.54, 1.807) is 48.2 Å². The molecule has 8 aliphatic heterocycles. The maximum absolute atomic E-state index is 13.9. The van der Waals surface area contributed by atoms with Crippen molar-refractivity contribution in [1.82, 2.24) is 42.5 Å². The van der Waals surface area contributed by atoms with E-state index in [9.17, 15) is 125 Å². The number of carbonyl (C=O) groups is 7. The molecular weight excluding hydrogens is 1670 g/mol. The Labute approximate surface area is 707 Å². The van der Waals surface area contributed by atoms with Crippen molar-refractivity contribution < 1.29 is 192 Å². The smallest absolute Gasteiger partial charge is 0.315 e. The van der Waals surface area contributed by atoms with Gasteiger partial charge in [-0.15, -0.1) is 0 Å². The molecule has 2 aromatic rings. The van der Waals surface area contributed by atoms with Gasteiger partial charge in [0.05, 0.1) is 64.9 Å². The second-order valence-electron chi connectivity index (χ2n) is 30.6. The van der Waals surface area contributed by atoms with Crippen molar-refractivity contribution in [1.29, 1.82) is 0 Å². The third-order valence-corrected chi connectivity index (χ3v) is 23.2. The number of nitrogens with one attached hydrogen (secondary N) is 8. The summed E-state index contributed by atoms with van der Waals surface area (Å²) in [6.45, 7) is -4.35. The molecule has 694 valence electrons. The molecule has 48 heteroatoms. The molecule has 8 aliphatic rings. The van der Waals surface area contributed by atoms with Gasteiger partial charge in [0.1, 0.15) is 158 Å². The molecule has 47 nitrogen and oxygen atoms in total. The van der Waals surface area contributed by atoms with Crippen molar-refractivity contribution in [3.05, 3.63) is 48.0 Å². The fraction of sp³-hybridized carbons (Fsp3) is 0.747. The van der Waals surface area contributed by atoms with Crippen LogP contribution in [0.3, 0.4) is 0 Å². The lowest BCUT2D eigenvalue weighted by Gasteiger charge is -2.48. The fourth-order valence-electron chi connectivity index (χ4n) is 15.1. The number of amides is 8. The van der Waals surface area contributed by atoms with Gasteiger partial charge in [0.15, 0.2) is 51.0 Å². The summed E-state index contributed by atoms with van der Waals surface area (Å²) in [6.07, 6.45) is -46.6. The molecule has 18 unspecified atom stereocenters. The molecule has 33 atom stereocenters. The van der Waals surface area contributed by atoms with Gasteiger partial charge in [0.25, 0.3) is 17.7 Å². The van der Waals surface area contributed by atoms with Crippen LogP contribution >= 0.6 is 11.8 Å². The SMILES string of the molecule is CC(=O)NC1C(O)[C@H](O[C@@H]2OC(CO)[C@H](O)C(O[C@H]3OC(CO)[C@H](O)C(O)C3O)C2O)C(CO)O[C@H]1OCCCNC(=O)COc1ccc(-c2cc(OCC(=O)NCCCO[C@@H]3OC(CO)[C@@H](O[C@@H]4OC(CO)[C@H](O)C(O[C@H]5OC(CO)[C@H](O)C(O)C5O)C4O)C(O)C3NC(C)=O)cc(C(=O)NCCNC(=O)CCCC[C@@H]3SC[C@@H]4NC(=O)N[C@@H]43)c2)cc1. The first-order valence-corrected chi connectivity index (χ1v) is 41.4. The van der Waals surface area contributed by atoms with Crippen molar-refractivity contribution in [3.8, 4) is 22.6 Å². The molecule has 0 bridgehead atoms. The average molecular weight is 1780 g/mol. The van der Waals surface area contributed by atoms with Gasteiger partial charge in [0.2, 0.25) is 17.7 Å². The number of unbranched alkanes of at least 4 members (excludes halogenated alkanes) is 1. The lowest BCUT2D eigenvalue weighted by Crippen LogP contribution is -2.68. The molecule has 26 N–H and O–H groups in total. The standard InChI is InChI=1S/C75H114N8O39S/c1-31(90)80-50-56(99)64(119-73-62(105)66(54(97)41(24-86)115-73)121-71-60(103)58(101)52(95)39(22-84)113-71)43(26-88)117-69(50)109-17-5-13-76-47(93)28-111-36-11-9-33(10-12-36)34-19-35(68(107)79-16-15-78-46(92)8-4-3-7-45-49-38(30-123-45)82-75(108)83-49)21-37(20-34)112-29-48(94)77-14-6-18-110-70-51(81-32(2)91)57(100)65(44(27-89)118-70)120-74-63(106)67(55(98)42(25-87)116-74)122-72-61(104)59(102)53(96)40(23-85)114-72/h9-12,19-21,38-45,49-67,69-74,84-89,95-106H,3-8,13-18,22-30H2,1-2H3,(H,76,93)(H,77,94)(H,78,92)(H,79,107)(H,80,90)(H,81,91)(H2,82,83,108)/t38-,39?,40?,41?,42?,43?,44?,45-,49-,50?,51?,52-,53-,54-,55-,56?,57?,58?,59?,60?,61?,62?,63?,64+,65+,66?,67?,69+,70+,71+,72+,73-,74-/m0/s1. The topological polar surface area (TPSA) is 709 Å². The van der Waals surface area contributed by atoms with Crippen LogP contribution in [0, 0.1) is 0 Å². The Hall–Kier alpha value is -6.72. The molecule has 8 saturated heterocycles. The first-order chi connectivity index (χ1) is 58.9. The van der Waals surface area contributed by atoms with Crippen LogP contribution in [0.2, 0.25) is 0 Å². The van der Waals surface area contributed by atoms with Crippen LogP contribution in [0.25, 0.3) is 11.1 Å². The maximum atomic E-state index is 13.9. The van der Waals surface area contributed by atoms with E-state index < -0.39 is 267 Å². The largest absolute Gasteiger partial charge is 0.484 e. The summed E-state index contributed by atoms with van der Waals surface area (Å²) in [5.74, 6) is -2.23. The number of urea groups is 1. The molecule has 0 saturated carbocycles. The maximum Gasteiger partial charge on any atom is 0.315 e. The van der Waals surface area contributed by atoms with Gasteiger partial charge in [-0.2, -0.15) is 11.8 Å². The number of aliphatic hydroxyl groups is 18. The van der Waals surface area contributed by atoms with Gasteiger partial charge in [-0.05, 0) is 67.1 Å². The summed E-state index contributed by atoms with van der Waals surface area (Å²) in [5, 5.41) is 213. The van der Waals surface area contributed by atoms with Gasteiger partial charge in [0, 0.05) is 63.0 Å². The normalized spacial score (nSPS) is 36.8. The molecule has 8 amide bonds. The quantitative estimate of drug-likeness (QED) is 0.0217. The highest BCUT2D eigenvalue weighted by Crippen LogP contribution is 2.38. The zero-order valence-corrected chi connectivity index (χ0v) is 67.8. The van der Waals surface area contributed by atoms with Crippen LogP contribution in [0.1, 0.15) is 62.7 Å². The number of thioether (sulfide) groups is 1. The number of ether oxygens (including phenoxy) is 14. The Morgan fingerprint density at radius 3 is 1.31 bits per heavy atom. The lowest BCUT2D eigenvalue weighted by atomic mass is 9.95. The molecule has 0 aliphatic carbocycles. The summed E-state index contributed by atoms with van der Waals surface area (Å²) >= 11 is 1.78.